The van der Waals surface area contributed by atoms with Crippen LogP contribution in [-0.2, 0) is 26.0 Å². The molecule has 1 saturated heterocycles. The number of aromatic amines is 1. The molecule has 1 aliphatic rings. The summed E-state index contributed by atoms with van der Waals surface area (Å²) < 4.78 is 24.5. The lowest BCUT2D eigenvalue weighted by molar-refractivity contribution is -0.135. The van der Waals surface area contributed by atoms with Gasteiger partial charge in [0.2, 0.25) is 11.8 Å². The molecule has 1 atom stereocenters. The maximum absolute atomic E-state index is 12.6. The number of sulfone groups is 1. The van der Waals surface area contributed by atoms with E-state index in [9.17, 15) is 22.8 Å². The smallest absolute Gasteiger partial charge is 0.262 e. The van der Waals surface area contributed by atoms with Crippen molar-refractivity contribution in [2.45, 2.75) is 25.9 Å². The minimum Gasteiger partial charge on any atom is -0.345 e. The summed E-state index contributed by atoms with van der Waals surface area (Å²) in [6.07, 6.45) is -0.0261. The SMILES string of the molecule is CC(NC(=O)CCn1c(=S)[nH]c2ccccc2c1=O)C(=O)N1CCS(=O)(=O)CC1. The number of nitrogens with one attached hydrogen (secondary N) is 2. The molecule has 0 bridgehead atoms. The molecule has 0 saturated carbocycles. The van der Waals surface area contributed by atoms with E-state index in [1.807, 2.05) is 0 Å². The van der Waals surface area contributed by atoms with Crippen molar-refractivity contribution in [1.82, 2.24) is 19.8 Å². The molecule has 3 rings (SSSR count). The first-order valence-electron chi connectivity index (χ1n) is 9.18. The van der Waals surface area contributed by atoms with Gasteiger partial charge in [-0.3, -0.25) is 19.0 Å². The van der Waals surface area contributed by atoms with Gasteiger partial charge in [0, 0.05) is 26.1 Å². The fourth-order valence-electron chi connectivity index (χ4n) is 3.20. The number of hydrogen-bond donors (Lipinski definition) is 2. The van der Waals surface area contributed by atoms with E-state index in [1.54, 1.807) is 31.2 Å². The Morgan fingerprint density at radius 3 is 2.59 bits per heavy atom. The van der Waals surface area contributed by atoms with Crippen molar-refractivity contribution in [3.63, 3.8) is 0 Å². The topological polar surface area (TPSA) is 121 Å². The number of carbonyl (C=O) groups excluding carboxylic acids is 2. The molecule has 29 heavy (non-hydrogen) atoms. The molecular formula is C18H22N4O5S2. The Morgan fingerprint density at radius 1 is 1.24 bits per heavy atom. The second-order valence-electron chi connectivity index (χ2n) is 6.95. The number of rotatable bonds is 5. The quantitative estimate of drug-likeness (QED) is 0.644. The van der Waals surface area contributed by atoms with Gasteiger partial charge in [0.25, 0.3) is 5.56 Å². The highest BCUT2D eigenvalue weighted by molar-refractivity contribution is 7.91. The maximum Gasteiger partial charge on any atom is 0.262 e. The van der Waals surface area contributed by atoms with Crippen LogP contribution in [0.25, 0.3) is 10.9 Å². The van der Waals surface area contributed by atoms with Crippen molar-refractivity contribution in [3.05, 3.63) is 39.4 Å². The van der Waals surface area contributed by atoms with E-state index >= 15 is 0 Å². The van der Waals surface area contributed by atoms with Gasteiger partial charge in [-0.05, 0) is 31.3 Å². The molecule has 1 fully saturated rings. The number of hydrogen-bond acceptors (Lipinski definition) is 6. The number of nitrogens with zero attached hydrogens (tertiary/aromatic N) is 2. The molecule has 11 heteroatoms. The highest BCUT2D eigenvalue weighted by Gasteiger charge is 2.28. The predicted molar refractivity (Wildman–Crippen MR) is 111 cm³/mol. The Kier molecular flexibility index (Phi) is 6.18. The highest BCUT2D eigenvalue weighted by Crippen LogP contribution is 2.07. The lowest BCUT2D eigenvalue weighted by Crippen LogP contribution is -2.51. The van der Waals surface area contributed by atoms with Gasteiger partial charge >= 0.3 is 0 Å². The zero-order valence-electron chi connectivity index (χ0n) is 15.9. The van der Waals surface area contributed by atoms with Crippen molar-refractivity contribution in [3.8, 4) is 0 Å². The van der Waals surface area contributed by atoms with Gasteiger partial charge in [-0.25, -0.2) is 8.42 Å². The molecule has 0 spiro atoms. The van der Waals surface area contributed by atoms with E-state index in [0.29, 0.717) is 10.9 Å². The lowest BCUT2D eigenvalue weighted by atomic mass is 10.2. The molecule has 1 unspecified atom stereocenters. The molecule has 9 nitrogen and oxygen atoms in total. The van der Waals surface area contributed by atoms with Crippen molar-refractivity contribution in [1.29, 1.82) is 0 Å². The van der Waals surface area contributed by atoms with E-state index in [1.165, 1.54) is 9.47 Å². The largest absolute Gasteiger partial charge is 0.345 e. The molecule has 1 aliphatic heterocycles. The molecule has 2 aromatic rings. The van der Waals surface area contributed by atoms with Gasteiger partial charge in [-0.15, -0.1) is 0 Å². The third-order valence-electron chi connectivity index (χ3n) is 4.86. The van der Waals surface area contributed by atoms with Crippen LogP contribution in [-0.4, -0.2) is 65.3 Å². The van der Waals surface area contributed by atoms with Gasteiger partial charge in [0.05, 0.1) is 22.4 Å². The monoisotopic (exact) mass is 438 g/mol. The second kappa shape index (κ2) is 8.46. The first-order valence-corrected chi connectivity index (χ1v) is 11.4. The number of benzene rings is 1. The Morgan fingerprint density at radius 2 is 1.90 bits per heavy atom. The molecule has 156 valence electrons. The van der Waals surface area contributed by atoms with Crippen molar-refractivity contribution < 1.29 is 18.0 Å². The zero-order chi connectivity index (χ0) is 21.2. The minimum absolute atomic E-state index is 0.0261. The number of amides is 2. The Hall–Kier alpha value is -2.53. The van der Waals surface area contributed by atoms with Crippen LogP contribution in [0.2, 0.25) is 0 Å². The predicted octanol–water partition coefficient (Wildman–Crippen LogP) is 0.211. The Bertz CT molecular complexity index is 1150. The fraction of sp³-hybridized carbons (Fsp3) is 0.444. The van der Waals surface area contributed by atoms with Crippen LogP contribution in [0.5, 0.6) is 0 Å². The average molecular weight is 439 g/mol. The zero-order valence-corrected chi connectivity index (χ0v) is 17.5. The number of para-hydroxylation sites is 1. The van der Waals surface area contributed by atoms with Crippen molar-refractivity contribution >= 4 is 44.8 Å². The van der Waals surface area contributed by atoms with Gasteiger partial charge in [0.1, 0.15) is 6.04 Å². The first kappa shape index (κ1) is 21.2. The Balaban J connectivity index is 1.60. The average Bonchev–Trinajstić information content (AvgIpc) is 2.67. The van der Waals surface area contributed by atoms with Crippen LogP contribution < -0.4 is 10.9 Å². The Labute approximate surface area is 172 Å². The normalized spacial score (nSPS) is 17.1. The molecular weight excluding hydrogens is 416 g/mol. The van der Waals surface area contributed by atoms with Gasteiger partial charge < -0.3 is 15.2 Å². The molecule has 2 heterocycles. The van der Waals surface area contributed by atoms with Crippen LogP contribution in [0.4, 0.5) is 0 Å². The number of aromatic nitrogens is 2. The van der Waals surface area contributed by atoms with Crippen molar-refractivity contribution in [2.24, 2.45) is 0 Å². The third-order valence-corrected chi connectivity index (χ3v) is 6.79. The van der Waals surface area contributed by atoms with Gasteiger partial charge in [-0.1, -0.05) is 12.1 Å². The van der Waals surface area contributed by atoms with E-state index in [-0.39, 0.29) is 53.8 Å². The summed E-state index contributed by atoms with van der Waals surface area (Å²) in [4.78, 5) is 41.7. The maximum atomic E-state index is 12.6. The molecule has 2 N–H and O–H groups in total. The summed E-state index contributed by atoms with van der Waals surface area (Å²) >= 11 is 5.22. The van der Waals surface area contributed by atoms with Crippen LogP contribution in [0.1, 0.15) is 13.3 Å². The third kappa shape index (κ3) is 4.91. The standard InChI is InChI=1S/C18H22N4O5S2/c1-12(16(24)21-8-10-29(26,27)11-9-21)19-15(23)6-7-22-17(25)13-4-2-3-5-14(13)20-18(22)28/h2-5,12H,6-11H2,1H3,(H,19,23)(H,20,28). The number of carbonyl (C=O) groups is 2. The van der Waals surface area contributed by atoms with E-state index in [0.717, 1.165) is 0 Å². The minimum atomic E-state index is -3.09. The molecule has 0 radical (unpaired) electrons. The van der Waals surface area contributed by atoms with Crippen LogP contribution in [0.3, 0.4) is 0 Å². The number of fused-ring (bicyclic) bond motifs is 1. The van der Waals surface area contributed by atoms with Gasteiger partial charge in [-0.2, -0.15) is 0 Å². The summed E-state index contributed by atoms with van der Waals surface area (Å²) in [5.74, 6) is -0.858. The van der Waals surface area contributed by atoms with Crippen molar-refractivity contribution in [2.75, 3.05) is 24.6 Å². The van der Waals surface area contributed by atoms with E-state index in [4.69, 9.17) is 12.2 Å². The second-order valence-corrected chi connectivity index (χ2v) is 9.64. The first-order chi connectivity index (χ1) is 13.7. The lowest BCUT2D eigenvalue weighted by Gasteiger charge is -2.29. The van der Waals surface area contributed by atoms with Crippen LogP contribution in [0.15, 0.2) is 29.1 Å². The van der Waals surface area contributed by atoms with Gasteiger partial charge in [0.15, 0.2) is 14.6 Å². The highest BCUT2D eigenvalue weighted by atomic mass is 32.2. The van der Waals surface area contributed by atoms with Crippen LogP contribution in [0, 0.1) is 4.77 Å². The number of H-pyrrole nitrogens is 1. The molecule has 1 aromatic carbocycles. The van der Waals surface area contributed by atoms with E-state index in [2.05, 4.69) is 10.3 Å². The fourth-order valence-corrected chi connectivity index (χ4v) is 4.68. The summed E-state index contributed by atoms with van der Waals surface area (Å²) in [6.45, 7) is 1.89. The summed E-state index contributed by atoms with van der Waals surface area (Å²) in [5, 5.41) is 3.08. The summed E-state index contributed by atoms with van der Waals surface area (Å²) in [5.41, 5.74) is 0.349. The summed E-state index contributed by atoms with van der Waals surface area (Å²) in [6, 6.07) is 6.19. The molecule has 0 aliphatic carbocycles. The van der Waals surface area contributed by atoms with Crippen LogP contribution >= 0.6 is 12.2 Å². The molecule has 1 aromatic heterocycles. The summed E-state index contributed by atoms with van der Waals surface area (Å²) in [7, 11) is -3.09. The van der Waals surface area contributed by atoms with E-state index < -0.39 is 21.8 Å². The molecule has 2 amide bonds.